The second-order valence-corrected chi connectivity index (χ2v) is 6.08. The molecule has 0 atom stereocenters. The van der Waals surface area contributed by atoms with E-state index in [0.29, 0.717) is 25.6 Å². The van der Waals surface area contributed by atoms with Crippen LogP contribution >= 0.6 is 24.0 Å². The van der Waals surface area contributed by atoms with Gasteiger partial charge in [-0.1, -0.05) is 12.8 Å². The summed E-state index contributed by atoms with van der Waals surface area (Å²) in [6, 6.07) is 5.80. The summed E-state index contributed by atoms with van der Waals surface area (Å²) in [5.41, 5.74) is 0.903. The van der Waals surface area contributed by atoms with Crippen LogP contribution in [0, 0.1) is 0 Å². The molecule has 0 saturated heterocycles. The van der Waals surface area contributed by atoms with E-state index in [2.05, 4.69) is 20.4 Å². The number of nitrogens with zero attached hydrogens (tertiary/aromatic N) is 1. The van der Waals surface area contributed by atoms with E-state index >= 15 is 0 Å². The Morgan fingerprint density at radius 1 is 1.15 bits per heavy atom. The van der Waals surface area contributed by atoms with E-state index < -0.39 is 0 Å². The highest BCUT2D eigenvalue weighted by molar-refractivity contribution is 14.0. The molecule has 8 heteroatoms. The van der Waals surface area contributed by atoms with Crippen LogP contribution in [0.3, 0.4) is 0 Å². The van der Waals surface area contributed by atoms with Crippen LogP contribution in [-0.2, 0) is 9.53 Å². The van der Waals surface area contributed by atoms with Crippen molar-refractivity contribution in [2.75, 3.05) is 39.2 Å². The van der Waals surface area contributed by atoms with Gasteiger partial charge < -0.3 is 24.8 Å². The molecule has 2 rings (SSSR count). The van der Waals surface area contributed by atoms with Crippen molar-refractivity contribution in [1.82, 2.24) is 5.32 Å². The normalized spacial score (nSPS) is 13.2. The van der Waals surface area contributed by atoms with Gasteiger partial charge in [0.25, 0.3) is 0 Å². The highest BCUT2D eigenvalue weighted by atomic mass is 127. The second-order valence-electron chi connectivity index (χ2n) is 6.08. The van der Waals surface area contributed by atoms with Crippen molar-refractivity contribution in [3.8, 4) is 11.5 Å². The number of ether oxygens (including phenoxy) is 3. The largest absolute Gasteiger partial charge is 0.490 e. The first-order valence-corrected chi connectivity index (χ1v) is 9.17. The van der Waals surface area contributed by atoms with Gasteiger partial charge in [0.1, 0.15) is 0 Å². The molecule has 0 unspecified atom stereocenters. The number of unbranched alkanes of at least 4 members (excludes halogenated alkanes) is 3. The topological polar surface area (TPSA) is 81.2 Å². The number of methoxy groups -OCH3 is 1. The number of anilines is 1. The van der Waals surface area contributed by atoms with Crippen molar-refractivity contribution in [3.05, 3.63) is 18.2 Å². The fourth-order valence-corrected chi connectivity index (χ4v) is 2.61. The number of aliphatic imine (C=N–C) groups is 1. The highest BCUT2D eigenvalue weighted by Gasteiger charge is 2.11. The van der Waals surface area contributed by atoms with Crippen LogP contribution in [-0.4, -0.2) is 45.8 Å². The molecule has 0 amide bonds. The van der Waals surface area contributed by atoms with Gasteiger partial charge in [-0.2, -0.15) is 0 Å². The lowest BCUT2D eigenvalue weighted by Crippen LogP contribution is -2.31. The average molecular weight is 491 g/mol. The summed E-state index contributed by atoms with van der Waals surface area (Å²) >= 11 is 0. The molecule has 0 spiro atoms. The molecule has 2 N–H and O–H groups in total. The molecule has 152 valence electrons. The third kappa shape index (κ3) is 8.68. The van der Waals surface area contributed by atoms with Crippen molar-refractivity contribution in [1.29, 1.82) is 0 Å². The zero-order chi connectivity index (χ0) is 18.6. The Bertz CT molecular complexity index is 611. The van der Waals surface area contributed by atoms with Crippen LogP contribution in [0.5, 0.6) is 11.5 Å². The van der Waals surface area contributed by atoms with E-state index in [0.717, 1.165) is 55.8 Å². The number of nitrogens with one attached hydrogen (secondary N) is 2. The van der Waals surface area contributed by atoms with Gasteiger partial charge in [-0.15, -0.1) is 24.0 Å². The summed E-state index contributed by atoms with van der Waals surface area (Å²) in [6.07, 6.45) is 5.35. The van der Waals surface area contributed by atoms with E-state index in [9.17, 15) is 4.79 Å². The van der Waals surface area contributed by atoms with Gasteiger partial charge in [-0.25, -0.2) is 0 Å². The van der Waals surface area contributed by atoms with Gasteiger partial charge in [0, 0.05) is 38.2 Å². The molecule has 0 aromatic heterocycles. The lowest BCUT2D eigenvalue weighted by atomic mass is 10.1. The van der Waals surface area contributed by atoms with Crippen LogP contribution in [0.15, 0.2) is 23.2 Å². The van der Waals surface area contributed by atoms with E-state index in [1.165, 1.54) is 7.11 Å². The number of fused-ring (bicyclic) bond motifs is 1. The van der Waals surface area contributed by atoms with Crippen LogP contribution in [0.1, 0.15) is 38.5 Å². The number of hydrogen-bond donors (Lipinski definition) is 2. The molecule has 0 fully saturated rings. The summed E-state index contributed by atoms with van der Waals surface area (Å²) < 4.78 is 16.0. The number of guanidine groups is 1. The van der Waals surface area contributed by atoms with E-state index in [1.54, 1.807) is 7.05 Å². The molecule has 27 heavy (non-hydrogen) atoms. The predicted octanol–water partition coefficient (Wildman–Crippen LogP) is 3.58. The first kappa shape index (κ1) is 23.3. The van der Waals surface area contributed by atoms with Crippen LogP contribution in [0.25, 0.3) is 0 Å². The molecule has 0 saturated carbocycles. The minimum atomic E-state index is -0.136. The fourth-order valence-electron chi connectivity index (χ4n) is 2.61. The Balaban J connectivity index is 0.00000364. The molecule has 1 aliphatic heterocycles. The summed E-state index contributed by atoms with van der Waals surface area (Å²) in [6.45, 7) is 2.17. The van der Waals surface area contributed by atoms with Gasteiger partial charge >= 0.3 is 5.97 Å². The first-order chi connectivity index (χ1) is 12.7. The Kier molecular flexibility index (Phi) is 11.6. The van der Waals surface area contributed by atoms with Crippen molar-refractivity contribution in [2.24, 2.45) is 4.99 Å². The highest BCUT2D eigenvalue weighted by Crippen LogP contribution is 2.32. The summed E-state index contributed by atoms with van der Waals surface area (Å²) in [7, 11) is 3.17. The quantitative estimate of drug-likeness (QED) is 0.190. The van der Waals surface area contributed by atoms with Crippen molar-refractivity contribution >= 4 is 41.6 Å². The van der Waals surface area contributed by atoms with Crippen LogP contribution in [0.2, 0.25) is 0 Å². The first-order valence-electron chi connectivity index (χ1n) is 9.17. The number of carbonyl (C=O) groups is 1. The Labute approximate surface area is 178 Å². The third-order valence-electron chi connectivity index (χ3n) is 4.06. The second kappa shape index (κ2) is 13.5. The van der Waals surface area contributed by atoms with Crippen molar-refractivity contribution < 1.29 is 19.0 Å². The zero-order valence-electron chi connectivity index (χ0n) is 16.1. The van der Waals surface area contributed by atoms with E-state index in [4.69, 9.17) is 9.47 Å². The maximum Gasteiger partial charge on any atom is 0.305 e. The molecule has 1 aliphatic rings. The lowest BCUT2D eigenvalue weighted by molar-refractivity contribution is -0.140. The minimum Gasteiger partial charge on any atom is -0.490 e. The van der Waals surface area contributed by atoms with E-state index in [-0.39, 0.29) is 29.9 Å². The molecule has 1 aromatic carbocycles. The Morgan fingerprint density at radius 3 is 2.63 bits per heavy atom. The summed E-state index contributed by atoms with van der Waals surface area (Å²) in [5, 5.41) is 6.56. The third-order valence-corrected chi connectivity index (χ3v) is 4.06. The Hall–Kier alpha value is -1.71. The van der Waals surface area contributed by atoms with Crippen LogP contribution < -0.4 is 20.1 Å². The van der Waals surface area contributed by atoms with Gasteiger partial charge in [0.15, 0.2) is 17.5 Å². The SMILES string of the molecule is CN=C(NCCCCCCC(=O)OC)Nc1ccc2c(c1)OCCCO2.I. The lowest BCUT2D eigenvalue weighted by Gasteiger charge is -2.14. The maximum atomic E-state index is 11.0. The number of carbonyl (C=O) groups excluding carboxylic acids is 1. The number of hydrogen-bond acceptors (Lipinski definition) is 5. The van der Waals surface area contributed by atoms with Crippen molar-refractivity contribution in [2.45, 2.75) is 38.5 Å². The molecule has 7 nitrogen and oxygen atoms in total. The van der Waals surface area contributed by atoms with E-state index in [1.807, 2.05) is 18.2 Å². The monoisotopic (exact) mass is 491 g/mol. The molecular formula is C19H30IN3O4. The predicted molar refractivity (Wildman–Crippen MR) is 118 cm³/mol. The van der Waals surface area contributed by atoms with Gasteiger partial charge in [0.05, 0.1) is 20.3 Å². The molecule has 1 aromatic rings. The Morgan fingerprint density at radius 2 is 1.89 bits per heavy atom. The smallest absolute Gasteiger partial charge is 0.305 e. The molecule has 0 aliphatic carbocycles. The standard InChI is InChI=1S/C19H29N3O4.HI/c1-20-19(21-11-6-4-3-5-8-18(23)24-2)22-15-9-10-16-17(14-15)26-13-7-12-25-16;/h9-10,14H,3-8,11-13H2,1-2H3,(H2,20,21,22);1H. The summed E-state index contributed by atoms with van der Waals surface area (Å²) in [4.78, 5) is 15.3. The zero-order valence-corrected chi connectivity index (χ0v) is 18.4. The molecule has 0 radical (unpaired) electrons. The van der Waals surface area contributed by atoms with Gasteiger partial charge in [-0.05, 0) is 25.0 Å². The van der Waals surface area contributed by atoms with Gasteiger partial charge in [-0.3, -0.25) is 9.79 Å². The number of benzene rings is 1. The summed E-state index contributed by atoms with van der Waals surface area (Å²) in [5.74, 6) is 2.12. The number of esters is 1. The maximum absolute atomic E-state index is 11.0. The van der Waals surface area contributed by atoms with Crippen LogP contribution in [0.4, 0.5) is 5.69 Å². The number of rotatable bonds is 8. The average Bonchev–Trinajstić information content (AvgIpc) is 2.90. The molecule has 1 heterocycles. The number of halogens is 1. The molecule has 0 bridgehead atoms. The van der Waals surface area contributed by atoms with Crippen molar-refractivity contribution in [3.63, 3.8) is 0 Å². The molecular weight excluding hydrogens is 461 g/mol. The fraction of sp³-hybridized carbons (Fsp3) is 0.579. The van der Waals surface area contributed by atoms with Gasteiger partial charge in [0.2, 0.25) is 0 Å². The minimum absolute atomic E-state index is 0.